The summed E-state index contributed by atoms with van der Waals surface area (Å²) in [5.41, 5.74) is 1.73. The highest BCUT2D eigenvalue weighted by molar-refractivity contribution is 5.89. The molecule has 1 rings (SSSR count). The molecular weight excluding hydrogens is 264 g/mol. The number of esters is 1. The Morgan fingerprint density at radius 3 is 2.38 bits per heavy atom. The summed E-state index contributed by atoms with van der Waals surface area (Å²) in [6, 6.07) is 7.47. The highest BCUT2D eigenvalue weighted by Gasteiger charge is 2.11. The number of carbonyl (C=O) groups is 2. The first-order valence-electron chi connectivity index (χ1n) is 7.67. The third-order valence-corrected chi connectivity index (χ3v) is 3.72. The van der Waals surface area contributed by atoms with E-state index in [9.17, 15) is 9.59 Å². The van der Waals surface area contributed by atoms with Crippen molar-refractivity contribution < 1.29 is 14.3 Å². The lowest BCUT2D eigenvalue weighted by atomic mass is 9.90. The van der Waals surface area contributed by atoms with Gasteiger partial charge < -0.3 is 9.53 Å². The molecule has 0 amide bonds. The summed E-state index contributed by atoms with van der Waals surface area (Å²) >= 11 is 0. The first-order valence-corrected chi connectivity index (χ1v) is 7.67. The molecule has 0 aliphatic carbocycles. The molecule has 21 heavy (non-hydrogen) atoms. The van der Waals surface area contributed by atoms with Gasteiger partial charge in [-0.25, -0.2) is 4.79 Å². The van der Waals surface area contributed by atoms with E-state index in [0.29, 0.717) is 23.8 Å². The molecule has 1 atom stereocenters. The predicted molar refractivity (Wildman–Crippen MR) is 84.3 cm³/mol. The van der Waals surface area contributed by atoms with E-state index < -0.39 is 0 Å². The molecule has 0 aliphatic rings. The van der Waals surface area contributed by atoms with Crippen LogP contribution in [0, 0.1) is 11.8 Å². The van der Waals surface area contributed by atoms with E-state index in [-0.39, 0.29) is 5.97 Å². The van der Waals surface area contributed by atoms with Crippen molar-refractivity contribution in [3.05, 3.63) is 35.4 Å². The van der Waals surface area contributed by atoms with Crippen LogP contribution < -0.4 is 0 Å². The summed E-state index contributed by atoms with van der Waals surface area (Å²) in [7, 11) is 1.38. The minimum Gasteiger partial charge on any atom is -0.465 e. The molecule has 116 valence electrons. The topological polar surface area (TPSA) is 43.4 Å². The summed E-state index contributed by atoms with van der Waals surface area (Å²) in [6.45, 7) is 4.44. The Balaban J connectivity index is 2.57. The second-order valence-electron chi connectivity index (χ2n) is 5.99. The number of benzene rings is 1. The van der Waals surface area contributed by atoms with Crippen LogP contribution in [0.4, 0.5) is 0 Å². The van der Waals surface area contributed by atoms with E-state index in [1.165, 1.54) is 19.1 Å². The van der Waals surface area contributed by atoms with E-state index in [4.69, 9.17) is 0 Å². The molecule has 0 radical (unpaired) electrons. The SMILES string of the molecule is COC(=O)c1ccc(CC(CC=O)CCCC(C)C)cc1. The van der Waals surface area contributed by atoms with Crippen molar-refractivity contribution in [3.8, 4) is 0 Å². The number of hydrogen-bond donors (Lipinski definition) is 0. The maximum Gasteiger partial charge on any atom is 0.337 e. The van der Waals surface area contributed by atoms with Crippen molar-refractivity contribution in [1.82, 2.24) is 0 Å². The fourth-order valence-electron chi connectivity index (χ4n) is 2.48. The van der Waals surface area contributed by atoms with Gasteiger partial charge in [-0.3, -0.25) is 0 Å². The van der Waals surface area contributed by atoms with Crippen LogP contribution in [0.15, 0.2) is 24.3 Å². The molecule has 0 N–H and O–H groups in total. The summed E-state index contributed by atoms with van der Waals surface area (Å²) in [6.07, 6.45) is 5.96. The highest BCUT2D eigenvalue weighted by Crippen LogP contribution is 2.20. The van der Waals surface area contributed by atoms with Crippen molar-refractivity contribution in [3.63, 3.8) is 0 Å². The van der Waals surface area contributed by atoms with Crippen molar-refractivity contribution in [2.75, 3.05) is 7.11 Å². The van der Waals surface area contributed by atoms with E-state index in [1.54, 1.807) is 12.1 Å². The Bertz CT molecular complexity index is 434. The van der Waals surface area contributed by atoms with Gasteiger partial charge in [0, 0.05) is 6.42 Å². The summed E-state index contributed by atoms with van der Waals surface area (Å²) in [5, 5.41) is 0. The molecule has 0 saturated heterocycles. The minimum absolute atomic E-state index is 0.317. The number of carbonyl (C=O) groups excluding carboxylic acids is 2. The zero-order valence-corrected chi connectivity index (χ0v) is 13.3. The van der Waals surface area contributed by atoms with Crippen molar-refractivity contribution >= 4 is 12.3 Å². The molecule has 3 heteroatoms. The Kier molecular flexibility index (Phi) is 7.73. The van der Waals surface area contributed by atoms with Gasteiger partial charge in [0.05, 0.1) is 12.7 Å². The van der Waals surface area contributed by atoms with Crippen LogP contribution >= 0.6 is 0 Å². The van der Waals surface area contributed by atoms with Crippen molar-refractivity contribution in [2.45, 2.75) is 46.0 Å². The van der Waals surface area contributed by atoms with Gasteiger partial charge in [-0.05, 0) is 42.4 Å². The molecular formula is C18H26O3. The number of hydrogen-bond acceptors (Lipinski definition) is 3. The second kappa shape index (κ2) is 9.32. The average molecular weight is 290 g/mol. The highest BCUT2D eigenvalue weighted by atomic mass is 16.5. The van der Waals surface area contributed by atoms with E-state index >= 15 is 0 Å². The molecule has 0 spiro atoms. The maximum atomic E-state index is 11.4. The molecule has 0 bridgehead atoms. The lowest BCUT2D eigenvalue weighted by Crippen LogP contribution is -2.07. The zero-order chi connectivity index (χ0) is 15.7. The van der Waals surface area contributed by atoms with Crippen molar-refractivity contribution in [2.24, 2.45) is 11.8 Å². The third kappa shape index (κ3) is 6.56. The van der Waals surface area contributed by atoms with Gasteiger partial charge in [0.25, 0.3) is 0 Å². The second-order valence-corrected chi connectivity index (χ2v) is 5.99. The molecule has 1 aromatic rings. The lowest BCUT2D eigenvalue weighted by molar-refractivity contribution is -0.108. The minimum atomic E-state index is -0.317. The normalized spacial score (nSPS) is 12.2. The maximum absolute atomic E-state index is 11.4. The fraction of sp³-hybridized carbons (Fsp3) is 0.556. The number of methoxy groups -OCH3 is 1. The van der Waals surface area contributed by atoms with Crippen LogP contribution in [0.3, 0.4) is 0 Å². The first kappa shape index (κ1) is 17.4. The van der Waals surface area contributed by atoms with Crippen LogP contribution in [0.2, 0.25) is 0 Å². The average Bonchev–Trinajstić information content (AvgIpc) is 2.47. The number of ether oxygens (including phenoxy) is 1. The molecule has 1 aromatic carbocycles. The summed E-state index contributed by atoms with van der Waals surface area (Å²) in [4.78, 5) is 22.2. The Morgan fingerprint density at radius 1 is 1.19 bits per heavy atom. The van der Waals surface area contributed by atoms with Crippen molar-refractivity contribution in [1.29, 1.82) is 0 Å². The number of rotatable bonds is 9. The van der Waals surface area contributed by atoms with Crippen LogP contribution in [-0.2, 0) is 16.0 Å². The standard InChI is InChI=1S/C18H26O3/c1-14(2)5-4-6-15(11-12-19)13-16-7-9-17(10-8-16)18(20)21-3/h7-10,12,14-15H,4-6,11,13H2,1-3H3. The fourth-order valence-corrected chi connectivity index (χ4v) is 2.48. The van der Waals surface area contributed by atoms with Crippen LogP contribution in [0.25, 0.3) is 0 Å². The van der Waals surface area contributed by atoms with Gasteiger partial charge in [-0.15, -0.1) is 0 Å². The summed E-state index contributed by atoms with van der Waals surface area (Å²) < 4.78 is 4.69. The Labute approximate surface area is 127 Å². The van der Waals surface area contributed by atoms with Crippen LogP contribution in [-0.4, -0.2) is 19.4 Å². The Hall–Kier alpha value is -1.64. The van der Waals surface area contributed by atoms with Gasteiger partial charge in [0.1, 0.15) is 6.29 Å². The quantitative estimate of drug-likeness (QED) is 0.509. The largest absolute Gasteiger partial charge is 0.465 e. The molecule has 1 unspecified atom stereocenters. The van der Waals surface area contributed by atoms with Gasteiger partial charge in [-0.2, -0.15) is 0 Å². The lowest BCUT2D eigenvalue weighted by Gasteiger charge is -2.15. The first-order chi connectivity index (χ1) is 10.1. The van der Waals surface area contributed by atoms with Gasteiger partial charge >= 0.3 is 5.97 Å². The molecule has 0 saturated carbocycles. The molecule has 3 nitrogen and oxygen atoms in total. The van der Waals surface area contributed by atoms with Gasteiger partial charge in [0.15, 0.2) is 0 Å². The zero-order valence-electron chi connectivity index (χ0n) is 13.3. The van der Waals surface area contributed by atoms with E-state index in [2.05, 4.69) is 18.6 Å². The third-order valence-electron chi connectivity index (χ3n) is 3.72. The van der Waals surface area contributed by atoms with Gasteiger partial charge in [0.2, 0.25) is 0 Å². The predicted octanol–water partition coefficient (Wildman–Crippen LogP) is 4.05. The molecule has 0 aliphatic heterocycles. The summed E-state index contributed by atoms with van der Waals surface area (Å²) in [5.74, 6) is 0.786. The van der Waals surface area contributed by atoms with Crippen LogP contribution in [0.5, 0.6) is 0 Å². The van der Waals surface area contributed by atoms with Gasteiger partial charge in [-0.1, -0.05) is 38.8 Å². The molecule has 0 heterocycles. The molecule has 0 aromatic heterocycles. The van der Waals surface area contributed by atoms with E-state index in [0.717, 1.165) is 25.5 Å². The Morgan fingerprint density at radius 2 is 1.86 bits per heavy atom. The molecule has 0 fully saturated rings. The smallest absolute Gasteiger partial charge is 0.337 e. The monoisotopic (exact) mass is 290 g/mol. The van der Waals surface area contributed by atoms with E-state index in [1.807, 2.05) is 12.1 Å². The van der Waals surface area contributed by atoms with Crippen LogP contribution in [0.1, 0.15) is 55.5 Å². The number of aldehydes is 1.